The van der Waals surface area contributed by atoms with Crippen molar-refractivity contribution in [2.45, 2.75) is 143 Å². The van der Waals surface area contributed by atoms with Gasteiger partial charge in [0.25, 0.3) is 5.91 Å². The minimum absolute atomic E-state index is 0.0819. The Morgan fingerprint density at radius 1 is 0.875 bits per heavy atom. The second kappa shape index (κ2) is 18.2. The van der Waals surface area contributed by atoms with E-state index in [1.165, 1.54) is 81.1 Å². The highest BCUT2D eigenvalue weighted by Crippen LogP contribution is 2.42. The van der Waals surface area contributed by atoms with Gasteiger partial charge in [-0.1, -0.05) is 96.6 Å². The van der Waals surface area contributed by atoms with Crippen LogP contribution in [0.1, 0.15) is 145 Å². The number of ether oxygens (including phenoxy) is 1. The van der Waals surface area contributed by atoms with Gasteiger partial charge in [-0.15, -0.1) is 11.3 Å². The number of thiophene rings is 1. The topological polar surface area (TPSA) is 101 Å². The molecule has 302 valence electrons. The second-order valence-electron chi connectivity index (χ2n) is 18.7. The van der Waals surface area contributed by atoms with Crippen LogP contribution >= 0.6 is 11.3 Å². The molecule has 2 atom stereocenters. The Labute approximate surface area is 339 Å². The first kappa shape index (κ1) is 41.8. The average molecular weight is 781 g/mol. The molecule has 8 nitrogen and oxygen atoms in total. The zero-order valence-corrected chi connectivity index (χ0v) is 35.7. The number of nitrogens with zero attached hydrogens (tertiary/aromatic N) is 3. The molecule has 1 aliphatic heterocycles. The fourth-order valence-electron chi connectivity index (χ4n) is 8.55. The van der Waals surface area contributed by atoms with E-state index in [4.69, 9.17) is 14.7 Å². The normalized spacial score (nSPS) is 21.2. The van der Waals surface area contributed by atoms with Crippen LogP contribution in [0.4, 0.5) is 0 Å². The molecule has 3 aliphatic rings. The number of esters is 1. The Morgan fingerprint density at radius 2 is 1.57 bits per heavy atom. The number of hydrogen-bond acceptors (Lipinski definition) is 7. The van der Waals surface area contributed by atoms with Gasteiger partial charge in [0.2, 0.25) is 5.91 Å². The molecule has 2 aliphatic carbocycles. The third kappa shape index (κ3) is 11.0. The number of likely N-dealkylation sites (tertiary alicyclic amines) is 1. The van der Waals surface area contributed by atoms with Gasteiger partial charge in [-0.3, -0.25) is 14.4 Å². The van der Waals surface area contributed by atoms with Crippen molar-refractivity contribution in [3.63, 3.8) is 0 Å². The van der Waals surface area contributed by atoms with Gasteiger partial charge < -0.3 is 15.0 Å². The van der Waals surface area contributed by atoms with Crippen molar-refractivity contribution >= 4 is 34.7 Å². The summed E-state index contributed by atoms with van der Waals surface area (Å²) in [6.07, 6.45) is 21.4. The van der Waals surface area contributed by atoms with Gasteiger partial charge in [-0.25, -0.2) is 9.97 Å². The Morgan fingerprint density at radius 3 is 2.16 bits per heavy atom. The van der Waals surface area contributed by atoms with Crippen LogP contribution in [-0.2, 0) is 26.2 Å². The van der Waals surface area contributed by atoms with E-state index >= 15 is 0 Å². The van der Waals surface area contributed by atoms with Gasteiger partial charge in [0.1, 0.15) is 11.6 Å². The zero-order chi connectivity index (χ0) is 40.0. The summed E-state index contributed by atoms with van der Waals surface area (Å²) in [5, 5.41) is 3.03. The summed E-state index contributed by atoms with van der Waals surface area (Å²) >= 11 is 1.45. The molecule has 56 heavy (non-hydrogen) atoms. The van der Waals surface area contributed by atoms with Gasteiger partial charge in [-0.2, -0.15) is 0 Å². The molecule has 1 N–H and O–H groups in total. The summed E-state index contributed by atoms with van der Waals surface area (Å²) in [7, 11) is 0. The quantitative estimate of drug-likeness (QED) is 0.137. The van der Waals surface area contributed by atoms with E-state index in [0.717, 1.165) is 45.7 Å². The van der Waals surface area contributed by atoms with Crippen LogP contribution in [0, 0.1) is 23.7 Å². The van der Waals surface area contributed by atoms with Crippen LogP contribution in [0.25, 0.3) is 17.0 Å². The van der Waals surface area contributed by atoms with Crippen LogP contribution in [0.15, 0.2) is 54.9 Å². The molecule has 3 aromatic rings. The van der Waals surface area contributed by atoms with Gasteiger partial charge in [0, 0.05) is 47.9 Å². The van der Waals surface area contributed by atoms with Crippen molar-refractivity contribution in [2.24, 2.45) is 23.7 Å². The molecule has 1 saturated carbocycles. The van der Waals surface area contributed by atoms with Gasteiger partial charge in [0.15, 0.2) is 5.82 Å². The lowest BCUT2D eigenvalue weighted by molar-refractivity contribution is -0.168. The first-order valence-corrected chi connectivity index (χ1v) is 22.0. The first-order valence-electron chi connectivity index (χ1n) is 21.2. The Kier molecular flexibility index (Phi) is 13.6. The van der Waals surface area contributed by atoms with Crippen LogP contribution in [-0.4, -0.2) is 57.4 Å². The van der Waals surface area contributed by atoms with Crippen molar-refractivity contribution in [3.05, 3.63) is 75.7 Å². The highest BCUT2D eigenvalue weighted by atomic mass is 32.1. The van der Waals surface area contributed by atoms with Crippen LogP contribution < -0.4 is 5.32 Å². The molecule has 2 fully saturated rings. The van der Waals surface area contributed by atoms with Gasteiger partial charge >= 0.3 is 5.97 Å². The Balaban J connectivity index is 1.06. The van der Waals surface area contributed by atoms with E-state index in [2.05, 4.69) is 39.1 Å². The molecule has 2 amide bonds. The lowest BCUT2D eigenvalue weighted by Gasteiger charge is -2.40. The third-order valence-corrected chi connectivity index (χ3v) is 13.5. The molecule has 1 aromatic carbocycles. The van der Waals surface area contributed by atoms with E-state index in [1.54, 1.807) is 4.90 Å². The molecule has 3 heterocycles. The maximum Gasteiger partial charge on any atom is 0.313 e. The highest BCUT2D eigenvalue weighted by Gasteiger charge is 2.41. The van der Waals surface area contributed by atoms with Crippen molar-refractivity contribution < 1.29 is 19.1 Å². The van der Waals surface area contributed by atoms with E-state index in [9.17, 15) is 14.4 Å². The predicted molar refractivity (Wildman–Crippen MR) is 226 cm³/mol. The third-order valence-electron chi connectivity index (χ3n) is 12.0. The molecule has 6 rings (SSSR count). The number of carbonyl (C=O) groups excluding carboxylic acids is 3. The summed E-state index contributed by atoms with van der Waals surface area (Å²) in [5.41, 5.74) is 3.61. The maximum absolute atomic E-state index is 13.9. The minimum atomic E-state index is -0.794. The molecule has 1 unspecified atom stereocenters. The smallest absolute Gasteiger partial charge is 0.313 e. The van der Waals surface area contributed by atoms with Crippen molar-refractivity contribution in [3.8, 4) is 11.4 Å². The fraction of sp³-hybridized carbons (Fsp3) is 0.596. The molecule has 0 bridgehead atoms. The molecule has 2 aromatic heterocycles. The predicted octanol–water partition coefficient (Wildman–Crippen LogP) is 10.2. The number of benzene rings is 1. The van der Waals surface area contributed by atoms with E-state index in [1.807, 2.05) is 69.6 Å². The monoisotopic (exact) mass is 780 g/mol. The number of amides is 2. The maximum atomic E-state index is 13.9. The SMILES string of the molecule is CCCCCC1CCC(C2CC=C(c3cnc(-c4ccc(C[C@H](NC(=O)c5ccc(C(C)(C)C)s5)C(=O)N5CC(C(=O)OC(C)(C)C)C5)cc4)nc3)CC2)CC1. The van der Waals surface area contributed by atoms with Gasteiger partial charge in [0.05, 0.1) is 10.8 Å². The standard InChI is InChI=1S/C47H64N4O4S/c1-8-9-10-11-31-12-16-33(17-13-31)34-20-22-35(23-21-34)37-27-48-42(49-28-37)36-18-14-32(15-19-36)26-39(50-43(52)40-24-25-41(56-40)46(2,3)4)44(53)51-29-38(30-51)45(54)55-47(5,6)7/h14-15,18-19,22,24-25,27-28,31,33-34,38-39H,8-13,16-17,20-21,23,26,29-30H2,1-7H3,(H,50,52)/t31?,33?,34?,39-/m0/s1. The summed E-state index contributed by atoms with van der Waals surface area (Å²) in [4.78, 5) is 52.8. The summed E-state index contributed by atoms with van der Waals surface area (Å²) in [5.74, 6) is 2.17. The average Bonchev–Trinajstić information content (AvgIpc) is 3.66. The largest absolute Gasteiger partial charge is 0.460 e. The van der Waals surface area contributed by atoms with E-state index in [0.29, 0.717) is 17.1 Å². The Bertz CT molecular complexity index is 1820. The van der Waals surface area contributed by atoms with Crippen molar-refractivity contribution in [1.82, 2.24) is 20.2 Å². The van der Waals surface area contributed by atoms with Crippen molar-refractivity contribution in [2.75, 3.05) is 13.1 Å². The summed E-state index contributed by atoms with van der Waals surface area (Å²) in [6.45, 7) is 14.7. The number of hydrogen-bond donors (Lipinski definition) is 1. The molecule has 0 spiro atoms. The lowest BCUT2D eigenvalue weighted by atomic mass is 9.70. The number of aromatic nitrogens is 2. The Hall–Kier alpha value is -3.85. The lowest BCUT2D eigenvalue weighted by Crippen LogP contribution is -2.59. The summed E-state index contributed by atoms with van der Waals surface area (Å²) < 4.78 is 5.54. The first-order chi connectivity index (χ1) is 26.7. The van der Waals surface area contributed by atoms with Crippen LogP contribution in [0.3, 0.4) is 0 Å². The number of nitrogens with one attached hydrogen (secondary N) is 1. The molecular formula is C47H64N4O4S. The van der Waals surface area contributed by atoms with Crippen molar-refractivity contribution in [1.29, 1.82) is 0 Å². The molecular weight excluding hydrogens is 717 g/mol. The van der Waals surface area contributed by atoms with Crippen LogP contribution in [0.5, 0.6) is 0 Å². The number of allylic oxidation sites excluding steroid dienone is 2. The number of carbonyl (C=O) groups is 3. The summed E-state index contributed by atoms with van der Waals surface area (Å²) in [6, 6.07) is 10.9. The molecule has 1 saturated heterocycles. The zero-order valence-electron chi connectivity index (χ0n) is 34.9. The van der Waals surface area contributed by atoms with E-state index < -0.39 is 11.6 Å². The molecule has 9 heteroatoms. The fourth-order valence-corrected chi connectivity index (χ4v) is 9.52. The van der Waals surface area contributed by atoms with E-state index in [-0.39, 0.29) is 42.2 Å². The number of unbranched alkanes of at least 4 members (excludes halogenated alkanes) is 2. The highest BCUT2D eigenvalue weighted by molar-refractivity contribution is 7.14. The van der Waals surface area contributed by atoms with Crippen LogP contribution in [0.2, 0.25) is 0 Å². The second-order valence-corrected chi connectivity index (χ2v) is 19.7. The molecule has 0 radical (unpaired) electrons. The minimum Gasteiger partial charge on any atom is -0.460 e. The van der Waals surface area contributed by atoms with Gasteiger partial charge in [-0.05, 0) is 99.3 Å². The number of rotatable bonds is 13.